The molecule has 0 aliphatic rings. The quantitative estimate of drug-likeness (QED) is 0.246. The number of thioether (sulfide) groups is 1. The molecule has 0 heterocycles. The molecule has 7 heteroatoms. The van der Waals surface area contributed by atoms with Crippen molar-refractivity contribution in [2.45, 2.75) is 46.3 Å². The SMILES string of the molecule is CCOC(=O)C(CSC(C)(C)C)(C(=O)N=[N+]=[N-])C(C)C. The Hall–Kier alpha value is -1.20. The molecule has 0 saturated heterocycles. The van der Waals surface area contributed by atoms with Gasteiger partial charge >= 0.3 is 5.97 Å². The van der Waals surface area contributed by atoms with E-state index in [1.807, 2.05) is 20.8 Å². The number of hydrogen-bond donors (Lipinski definition) is 0. The second kappa shape index (κ2) is 7.55. The lowest BCUT2D eigenvalue weighted by Crippen LogP contribution is -2.47. The summed E-state index contributed by atoms with van der Waals surface area (Å²) < 4.78 is 4.92. The van der Waals surface area contributed by atoms with Gasteiger partial charge in [-0.25, -0.2) is 0 Å². The Morgan fingerprint density at radius 2 is 1.90 bits per heavy atom. The molecule has 0 aliphatic heterocycles. The van der Waals surface area contributed by atoms with Gasteiger partial charge in [-0.2, -0.15) is 11.8 Å². The van der Waals surface area contributed by atoms with Gasteiger partial charge in [0.25, 0.3) is 0 Å². The minimum absolute atomic E-state index is 0.122. The number of amides is 1. The summed E-state index contributed by atoms with van der Waals surface area (Å²) in [6, 6.07) is 0. The van der Waals surface area contributed by atoms with E-state index in [1.54, 1.807) is 20.8 Å². The molecule has 0 N–H and O–H groups in total. The van der Waals surface area contributed by atoms with Crippen LogP contribution >= 0.6 is 11.8 Å². The molecule has 0 saturated carbocycles. The number of azide groups is 1. The fraction of sp³-hybridized carbons (Fsp3) is 0.846. The van der Waals surface area contributed by atoms with Crippen molar-refractivity contribution in [3.63, 3.8) is 0 Å². The monoisotopic (exact) mass is 301 g/mol. The van der Waals surface area contributed by atoms with Gasteiger partial charge in [0.15, 0.2) is 0 Å². The summed E-state index contributed by atoms with van der Waals surface area (Å²) in [5.41, 5.74) is 7.07. The summed E-state index contributed by atoms with van der Waals surface area (Å²) in [6.45, 7) is 11.3. The van der Waals surface area contributed by atoms with Crippen LogP contribution in [-0.2, 0) is 14.3 Å². The van der Waals surface area contributed by atoms with Gasteiger partial charge in [0.05, 0.1) is 6.61 Å². The Morgan fingerprint density at radius 1 is 1.35 bits per heavy atom. The Bertz CT molecular complexity index is 412. The molecule has 0 aromatic carbocycles. The zero-order chi connectivity index (χ0) is 16.0. The lowest BCUT2D eigenvalue weighted by Gasteiger charge is -2.34. The highest BCUT2D eigenvalue weighted by atomic mass is 32.2. The van der Waals surface area contributed by atoms with Crippen molar-refractivity contribution in [3.8, 4) is 0 Å². The predicted molar refractivity (Wildman–Crippen MR) is 80.3 cm³/mol. The largest absolute Gasteiger partial charge is 0.465 e. The van der Waals surface area contributed by atoms with Crippen LogP contribution in [0, 0.1) is 11.3 Å². The molecule has 1 amide bonds. The van der Waals surface area contributed by atoms with Crippen molar-refractivity contribution in [1.29, 1.82) is 0 Å². The molecule has 0 aromatic heterocycles. The third-order valence-corrected chi connectivity index (χ3v) is 4.34. The highest BCUT2D eigenvalue weighted by Gasteiger charge is 2.50. The fourth-order valence-electron chi connectivity index (χ4n) is 1.58. The van der Waals surface area contributed by atoms with Crippen LogP contribution in [0.3, 0.4) is 0 Å². The minimum atomic E-state index is -1.43. The van der Waals surface area contributed by atoms with E-state index in [9.17, 15) is 9.59 Å². The summed E-state index contributed by atoms with van der Waals surface area (Å²) in [7, 11) is 0. The molecule has 20 heavy (non-hydrogen) atoms. The van der Waals surface area contributed by atoms with Crippen molar-refractivity contribution >= 4 is 23.6 Å². The molecule has 114 valence electrons. The Kier molecular flexibility index (Phi) is 7.09. The molecule has 6 nitrogen and oxygen atoms in total. The highest BCUT2D eigenvalue weighted by Crippen LogP contribution is 2.39. The normalized spacial score (nSPS) is 14.3. The van der Waals surface area contributed by atoms with Crippen LogP contribution in [-0.4, -0.2) is 29.0 Å². The third kappa shape index (κ3) is 4.72. The average Bonchev–Trinajstić information content (AvgIpc) is 2.28. The maximum absolute atomic E-state index is 12.3. The molecule has 0 rings (SSSR count). The topological polar surface area (TPSA) is 92.1 Å². The van der Waals surface area contributed by atoms with Gasteiger partial charge < -0.3 is 4.74 Å². The van der Waals surface area contributed by atoms with Crippen LogP contribution in [0.4, 0.5) is 0 Å². The first-order valence-corrected chi connectivity index (χ1v) is 7.51. The summed E-state index contributed by atoms with van der Waals surface area (Å²) >= 11 is 1.47. The van der Waals surface area contributed by atoms with E-state index in [-0.39, 0.29) is 23.0 Å². The summed E-state index contributed by atoms with van der Waals surface area (Å²) in [6.07, 6.45) is 0. The predicted octanol–water partition coefficient (Wildman–Crippen LogP) is 3.56. The van der Waals surface area contributed by atoms with Crippen molar-refractivity contribution in [1.82, 2.24) is 0 Å². The Balaban J connectivity index is 5.62. The van der Waals surface area contributed by atoms with Crippen LogP contribution in [0.15, 0.2) is 5.11 Å². The molecule has 0 spiro atoms. The zero-order valence-electron chi connectivity index (χ0n) is 13.0. The molecule has 1 unspecified atom stereocenters. The van der Waals surface area contributed by atoms with E-state index < -0.39 is 17.3 Å². The van der Waals surface area contributed by atoms with E-state index in [2.05, 4.69) is 10.0 Å². The summed E-state index contributed by atoms with van der Waals surface area (Å²) in [5.74, 6) is -1.49. The molecule has 1 atom stereocenters. The van der Waals surface area contributed by atoms with Crippen LogP contribution in [0.25, 0.3) is 10.4 Å². The van der Waals surface area contributed by atoms with E-state index in [0.717, 1.165) is 0 Å². The van der Waals surface area contributed by atoms with Crippen LogP contribution in [0.2, 0.25) is 0 Å². The number of ether oxygens (including phenoxy) is 1. The molecular weight excluding hydrogens is 278 g/mol. The molecular formula is C13H23N3O3S. The van der Waals surface area contributed by atoms with Gasteiger partial charge in [-0.05, 0) is 23.5 Å². The van der Waals surface area contributed by atoms with Crippen LogP contribution in [0.5, 0.6) is 0 Å². The fourth-order valence-corrected chi connectivity index (χ4v) is 2.81. The van der Waals surface area contributed by atoms with Crippen molar-refractivity contribution in [2.24, 2.45) is 16.4 Å². The van der Waals surface area contributed by atoms with Crippen molar-refractivity contribution < 1.29 is 14.3 Å². The standard InChI is InChI=1S/C13H23N3O3S/c1-7-19-11(18)13(9(2)3,10(17)15-16-14)8-20-12(4,5)6/h9H,7-8H2,1-6H3. The number of nitrogens with zero attached hydrogens (tertiary/aromatic N) is 3. The van der Waals surface area contributed by atoms with Gasteiger partial charge in [-0.3, -0.25) is 9.59 Å². The molecule has 0 aromatic rings. The van der Waals surface area contributed by atoms with Gasteiger partial charge in [-0.15, -0.1) is 0 Å². The molecule has 0 aliphatic carbocycles. The summed E-state index contributed by atoms with van der Waals surface area (Å²) in [5, 5.41) is 3.15. The lowest BCUT2D eigenvalue weighted by molar-refractivity contribution is -0.161. The first kappa shape index (κ1) is 18.8. The third-order valence-electron chi connectivity index (χ3n) is 2.88. The molecule has 0 fully saturated rings. The van der Waals surface area contributed by atoms with E-state index in [4.69, 9.17) is 10.3 Å². The maximum Gasteiger partial charge on any atom is 0.320 e. The molecule has 0 bridgehead atoms. The molecule has 0 radical (unpaired) electrons. The van der Waals surface area contributed by atoms with Crippen molar-refractivity contribution in [3.05, 3.63) is 10.4 Å². The lowest BCUT2D eigenvalue weighted by atomic mass is 9.78. The smallest absolute Gasteiger partial charge is 0.320 e. The van der Waals surface area contributed by atoms with E-state index in [1.165, 1.54) is 11.8 Å². The van der Waals surface area contributed by atoms with Crippen LogP contribution in [0.1, 0.15) is 41.5 Å². The minimum Gasteiger partial charge on any atom is -0.465 e. The van der Waals surface area contributed by atoms with Gasteiger partial charge in [-0.1, -0.05) is 34.6 Å². The maximum atomic E-state index is 12.3. The van der Waals surface area contributed by atoms with E-state index >= 15 is 0 Å². The first-order valence-electron chi connectivity index (χ1n) is 6.52. The second-order valence-corrected chi connectivity index (χ2v) is 7.54. The first-order chi connectivity index (χ1) is 9.11. The van der Waals surface area contributed by atoms with Crippen LogP contribution < -0.4 is 0 Å². The number of carbonyl (C=O) groups excluding carboxylic acids is 2. The summed E-state index contributed by atoms with van der Waals surface area (Å²) in [4.78, 5) is 27.0. The number of rotatable bonds is 6. The van der Waals surface area contributed by atoms with Gasteiger partial charge in [0, 0.05) is 15.4 Å². The number of esters is 1. The van der Waals surface area contributed by atoms with E-state index in [0.29, 0.717) is 0 Å². The Morgan fingerprint density at radius 3 is 2.25 bits per heavy atom. The number of carbonyl (C=O) groups is 2. The van der Waals surface area contributed by atoms with Crippen molar-refractivity contribution in [2.75, 3.05) is 12.4 Å². The Labute approximate surface area is 124 Å². The van der Waals surface area contributed by atoms with Gasteiger partial charge in [0.2, 0.25) is 5.91 Å². The van der Waals surface area contributed by atoms with Gasteiger partial charge in [0.1, 0.15) is 5.41 Å². The second-order valence-electron chi connectivity index (χ2n) is 5.74. The average molecular weight is 301 g/mol. The number of hydrogen-bond acceptors (Lipinski definition) is 4. The zero-order valence-corrected chi connectivity index (χ0v) is 13.8. The highest BCUT2D eigenvalue weighted by molar-refractivity contribution is 8.00.